The highest BCUT2D eigenvalue weighted by atomic mass is 35.5. The molecule has 2 aliphatic heterocycles. The number of carbonyl (C=O) groups excluding carboxylic acids is 1. The molecule has 2 aliphatic rings. The zero-order chi connectivity index (χ0) is 22.6. The van der Waals surface area contributed by atoms with Crippen molar-refractivity contribution in [3.05, 3.63) is 58.7 Å². The quantitative estimate of drug-likeness (QED) is 0.605. The number of pyridine rings is 1. The summed E-state index contributed by atoms with van der Waals surface area (Å²) >= 11 is 6.11. The van der Waals surface area contributed by atoms with E-state index >= 15 is 0 Å². The van der Waals surface area contributed by atoms with E-state index in [1.54, 1.807) is 6.07 Å². The van der Waals surface area contributed by atoms with Crippen molar-refractivity contribution in [3.8, 4) is 5.88 Å². The highest BCUT2D eigenvalue weighted by molar-refractivity contribution is 6.30. The third-order valence-corrected chi connectivity index (χ3v) is 6.54. The zero-order valence-corrected chi connectivity index (χ0v) is 19.5. The van der Waals surface area contributed by atoms with Gasteiger partial charge in [0.25, 0.3) is 5.91 Å². The zero-order valence-electron chi connectivity index (χ0n) is 18.8. The number of hydrogen-bond acceptors (Lipinski definition) is 5. The fourth-order valence-corrected chi connectivity index (χ4v) is 4.97. The van der Waals surface area contributed by atoms with Crippen molar-refractivity contribution in [2.24, 2.45) is 0 Å². The lowest BCUT2D eigenvalue weighted by molar-refractivity contribution is -0.190. The molecule has 0 saturated carbocycles. The second-order valence-corrected chi connectivity index (χ2v) is 8.89. The minimum absolute atomic E-state index is 0.00504. The molecule has 6 nitrogen and oxygen atoms in total. The Labute approximate surface area is 194 Å². The van der Waals surface area contributed by atoms with Crippen LogP contribution in [0.5, 0.6) is 5.88 Å². The van der Waals surface area contributed by atoms with E-state index in [0.29, 0.717) is 42.8 Å². The molecule has 2 aromatic rings. The van der Waals surface area contributed by atoms with E-state index in [4.69, 9.17) is 25.8 Å². The Morgan fingerprint density at radius 1 is 1.22 bits per heavy atom. The third kappa shape index (κ3) is 5.08. The molecule has 2 saturated heterocycles. The molecule has 0 N–H and O–H groups in total. The lowest BCUT2D eigenvalue weighted by atomic mass is 9.80. The van der Waals surface area contributed by atoms with E-state index < -0.39 is 0 Å². The van der Waals surface area contributed by atoms with Gasteiger partial charge in [0.15, 0.2) is 0 Å². The molecule has 0 bridgehead atoms. The van der Waals surface area contributed by atoms with Gasteiger partial charge in [0.05, 0.1) is 29.4 Å². The smallest absolute Gasteiger partial charge is 0.259 e. The van der Waals surface area contributed by atoms with Crippen LogP contribution in [-0.4, -0.2) is 53.8 Å². The third-order valence-electron chi connectivity index (χ3n) is 6.33. The van der Waals surface area contributed by atoms with Crippen LogP contribution in [0.2, 0.25) is 5.02 Å². The lowest BCUT2D eigenvalue weighted by Gasteiger charge is -2.48. The second-order valence-electron chi connectivity index (χ2n) is 8.45. The van der Waals surface area contributed by atoms with E-state index in [-0.39, 0.29) is 23.7 Å². The number of piperidine rings is 1. The summed E-state index contributed by atoms with van der Waals surface area (Å²) in [4.78, 5) is 19.3. The van der Waals surface area contributed by atoms with E-state index in [1.165, 1.54) is 11.8 Å². The van der Waals surface area contributed by atoms with Gasteiger partial charge in [0.2, 0.25) is 5.88 Å². The lowest BCUT2D eigenvalue weighted by Crippen LogP contribution is -2.52. The maximum atomic E-state index is 13.3. The molecule has 2 atom stereocenters. The summed E-state index contributed by atoms with van der Waals surface area (Å²) in [5.41, 5.74) is 1.31. The number of carbonyl (C=O) groups is 1. The summed E-state index contributed by atoms with van der Waals surface area (Å²) in [5, 5.41) is 0.422. The first-order chi connectivity index (χ1) is 15.5. The van der Waals surface area contributed by atoms with E-state index in [0.717, 1.165) is 25.7 Å². The Hall–Kier alpha value is -2.15. The van der Waals surface area contributed by atoms with Crippen LogP contribution in [0, 0.1) is 0 Å². The van der Waals surface area contributed by atoms with Gasteiger partial charge in [-0.1, -0.05) is 41.9 Å². The standard InChI is InChI=1S/C25H31ClN2O4/c1-3-30-20-15-22(18-8-6-5-7-9-18)32-25(16-20)10-12-28(13-11-25)24(29)21-14-19(26)17-27-23(21)31-4-2/h5-9,14,17,20,22H,3-4,10-13,15-16H2,1-2H3/t20-,22-/m1/s1. The molecular weight excluding hydrogens is 428 g/mol. The monoisotopic (exact) mass is 458 g/mol. The first-order valence-electron chi connectivity index (χ1n) is 11.5. The summed E-state index contributed by atoms with van der Waals surface area (Å²) in [5.74, 6) is 0.228. The van der Waals surface area contributed by atoms with Crippen LogP contribution < -0.4 is 4.74 Å². The van der Waals surface area contributed by atoms with Gasteiger partial charge in [-0.2, -0.15) is 0 Å². The molecule has 1 amide bonds. The van der Waals surface area contributed by atoms with Gasteiger partial charge >= 0.3 is 0 Å². The van der Waals surface area contributed by atoms with Crippen LogP contribution in [0.15, 0.2) is 42.6 Å². The molecule has 2 fully saturated rings. The molecule has 32 heavy (non-hydrogen) atoms. The number of rotatable bonds is 6. The minimum Gasteiger partial charge on any atom is -0.477 e. The molecule has 172 valence electrons. The van der Waals surface area contributed by atoms with Crippen molar-refractivity contribution in [3.63, 3.8) is 0 Å². The van der Waals surface area contributed by atoms with E-state index in [1.807, 2.05) is 36.9 Å². The largest absolute Gasteiger partial charge is 0.477 e. The van der Waals surface area contributed by atoms with Crippen LogP contribution in [0.25, 0.3) is 0 Å². The topological polar surface area (TPSA) is 60.9 Å². The van der Waals surface area contributed by atoms with Gasteiger partial charge in [0.1, 0.15) is 5.56 Å². The summed E-state index contributed by atoms with van der Waals surface area (Å²) in [6.07, 6.45) is 4.91. The number of ether oxygens (including phenoxy) is 3. The Kier molecular flexibility index (Phi) is 7.33. The first kappa shape index (κ1) is 23.0. The molecular formula is C25H31ClN2O4. The number of amides is 1. The van der Waals surface area contributed by atoms with Gasteiger partial charge in [0, 0.05) is 38.7 Å². The second kappa shape index (κ2) is 10.2. The molecule has 7 heteroatoms. The fourth-order valence-electron chi connectivity index (χ4n) is 4.81. The van der Waals surface area contributed by atoms with Crippen molar-refractivity contribution in [2.45, 2.75) is 57.3 Å². The Balaban J connectivity index is 1.49. The average Bonchev–Trinajstić information content (AvgIpc) is 2.81. The number of likely N-dealkylation sites (tertiary alicyclic amines) is 1. The molecule has 1 aromatic heterocycles. The summed E-state index contributed by atoms with van der Waals surface area (Å²) in [6, 6.07) is 12.0. The normalized spacial score (nSPS) is 22.7. The van der Waals surface area contributed by atoms with Crippen LogP contribution in [0.4, 0.5) is 0 Å². The van der Waals surface area contributed by atoms with Crippen molar-refractivity contribution < 1.29 is 19.0 Å². The molecule has 0 aliphatic carbocycles. The summed E-state index contributed by atoms with van der Waals surface area (Å²) in [7, 11) is 0. The van der Waals surface area contributed by atoms with Crippen LogP contribution in [0.1, 0.15) is 61.6 Å². The van der Waals surface area contributed by atoms with Crippen LogP contribution in [-0.2, 0) is 9.47 Å². The van der Waals surface area contributed by atoms with Gasteiger partial charge in [-0.3, -0.25) is 4.79 Å². The average molecular weight is 459 g/mol. The molecule has 1 aromatic carbocycles. The van der Waals surface area contributed by atoms with Crippen molar-refractivity contribution in [1.82, 2.24) is 9.88 Å². The SMILES string of the molecule is CCOc1ncc(Cl)cc1C(=O)N1CCC2(CC1)C[C@H](OCC)C[C@H](c1ccccc1)O2. The van der Waals surface area contributed by atoms with Crippen molar-refractivity contribution in [2.75, 3.05) is 26.3 Å². The maximum Gasteiger partial charge on any atom is 0.259 e. The Morgan fingerprint density at radius 3 is 2.66 bits per heavy atom. The molecule has 3 heterocycles. The van der Waals surface area contributed by atoms with Crippen LogP contribution >= 0.6 is 11.6 Å². The number of hydrogen-bond donors (Lipinski definition) is 0. The highest BCUT2D eigenvalue weighted by Crippen LogP contribution is 2.44. The van der Waals surface area contributed by atoms with E-state index in [2.05, 4.69) is 17.1 Å². The molecule has 4 rings (SSSR count). The number of benzene rings is 1. The molecule has 1 spiro atoms. The molecule has 0 unspecified atom stereocenters. The van der Waals surface area contributed by atoms with E-state index in [9.17, 15) is 4.79 Å². The van der Waals surface area contributed by atoms with Gasteiger partial charge in [-0.25, -0.2) is 4.98 Å². The Morgan fingerprint density at radius 2 is 1.97 bits per heavy atom. The highest BCUT2D eigenvalue weighted by Gasteiger charge is 2.45. The number of nitrogens with zero attached hydrogens (tertiary/aromatic N) is 2. The number of aromatic nitrogens is 1. The number of halogens is 1. The van der Waals surface area contributed by atoms with Crippen molar-refractivity contribution in [1.29, 1.82) is 0 Å². The molecule has 0 radical (unpaired) electrons. The maximum absolute atomic E-state index is 13.3. The van der Waals surface area contributed by atoms with Gasteiger partial charge < -0.3 is 19.1 Å². The fraction of sp³-hybridized carbons (Fsp3) is 0.520. The predicted octanol–water partition coefficient (Wildman–Crippen LogP) is 5.07. The van der Waals surface area contributed by atoms with Crippen LogP contribution in [0.3, 0.4) is 0 Å². The van der Waals surface area contributed by atoms with Gasteiger partial charge in [-0.05, 0) is 38.3 Å². The minimum atomic E-state index is -0.287. The first-order valence-corrected chi connectivity index (χ1v) is 11.8. The Bertz CT molecular complexity index is 915. The van der Waals surface area contributed by atoms with Gasteiger partial charge in [-0.15, -0.1) is 0 Å². The predicted molar refractivity (Wildman–Crippen MR) is 123 cm³/mol. The summed E-state index contributed by atoms with van der Waals surface area (Å²) in [6.45, 7) is 6.25. The summed E-state index contributed by atoms with van der Waals surface area (Å²) < 4.78 is 18.3. The van der Waals surface area contributed by atoms with Crippen molar-refractivity contribution >= 4 is 17.5 Å².